The molecule has 0 amide bonds. The van der Waals surface area contributed by atoms with Crippen LogP contribution in [0.1, 0.15) is 18.5 Å². The fraction of sp³-hybridized carbons (Fsp3) is 0.500. The van der Waals surface area contributed by atoms with Gasteiger partial charge in [-0.05, 0) is 24.6 Å². The van der Waals surface area contributed by atoms with Gasteiger partial charge in [-0.3, -0.25) is 0 Å². The van der Waals surface area contributed by atoms with E-state index in [9.17, 15) is 5.11 Å². The van der Waals surface area contributed by atoms with E-state index in [0.29, 0.717) is 12.4 Å². The van der Waals surface area contributed by atoms with Crippen molar-refractivity contribution in [3.8, 4) is 11.5 Å². The molecule has 2 atom stereocenters. The van der Waals surface area contributed by atoms with Gasteiger partial charge in [-0.15, -0.1) is 0 Å². The number of methoxy groups -OCH3 is 1. The Morgan fingerprint density at radius 3 is 2.88 bits per heavy atom. The van der Waals surface area contributed by atoms with Gasteiger partial charge in [0.25, 0.3) is 0 Å². The molecule has 0 bridgehead atoms. The quantitative estimate of drug-likeness (QED) is 0.796. The third kappa shape index (κ3) is 2.28. The lowest BCUT2D eigenvalue weighted by molar-refractivity contribution is 0.0149. The minimum absolute atomic E-state index is 0.146. The Bertz CT molecular complexity index is 359. The molecular formula is C12H17NO3. The number of hydrogen-bond acceptors (Lipinski definition) is 4. The van der Waals surface area contributed by atoms with E-state index in [-0.39, 0.29) is 17.9 Å². The Kier molecular flexibility index (Phi) is 3.31. The van der Waals surface area contributed by atoms with Crippen LogP contribution in [0.3, 0.4) is 0 Å². The zero-order valence-electron chi connectivity index (χ0n) is 9.56. The smallest absolute Gasteiger partial charge is 0.160 e. The molecule has 2 N–H and O–H groups in total. The molecule has 1 aromatic carbocycles. The van der Waals surface area contributed by atoms with E-state index in [1.165, 1.54) is 0 Å². The van der Waals surface area contributed by atoms with E-state index in [1.54, 1.807) is 19.2 Å². The molecule has 16 heavy (non-hydrogen) atoms. The maximum absolute atomic E-state index is 9.68. The second-order valence-corrected chi connectivity index (χ2v) is 4.04. The highest BCUT2D eigenvalue weighted by Gasteiger charge is 2.20. The van der Waals surface area contributed by atoms with Crippen molar-refractivity contribution in [3.05, 3.63) is 23.8 Å². The third-order valence-corrected chi connectivity index (χ3v) is 2.80. The zero-order chi connectivity index (χ0) is 11.5. The first-order valence-electron chi connectivity index (χ1n) is 5.42. The van der Waals surface area contributed by atoms with Crippen LogP contribution in [-0.2, 0) is 4.74 Å². The van der Waals surface area contributed by atoms with Crippen LogP contribution in [0, 0.1) is 0 Å². The summed E-state index contributed by atoms with van der Waals surface area (Å²) in [4.78, 5) is 0. The third-order valence-electron chi connectivity index (χ3n) is 2.80. The van der Waals surface area contributed by atoms with E-state index in [1.807, 2.05) is 13.0 Å². The van der Waals surface area contributed by atoms with Crippen LogP contribution >= 0.6 is 0 Å². The van der Waals surface area contributed by atoms with Gasteiger partial charge in [0.05, 0.1) is 25.9 Å². The monoisotopic (exact) mass is 223 g/mol. The summed E-state index contributed by atoms with van der Waals surface area (Å²) >= 11 is 0. The average Bonchev–Trinajstić information content (AvgIpc) is 2.30. The molecule has 1 aliphatic rings. The standard InChI is InChI=1S/C12H17NO3/c1-8-6-13-10(7-16-8)9-3-4-12(15-2)11(14)5-9/h3-5,8,10,13-14H,6-7H2,1-2H3. The molecule has 0 spiro atoms. The van der Waals surface area contributed by atoms with Crippen molar-refractivity contribution in [3.63, 3.8) is 0 Å². The van der Waals surface area contributed by atoms with Gasteiger partial charge in [-0.1, -0.05) is 6.07 Å². The predicted molar refractivity (Wildman–Crippen MR) is 60.8 cm³/mol. The van der Waals surface area contributed by atoms with E-state index < -0.39 is 0 Å². The van der Waals surface area contributed by atoms with Crippen molar-refractivity contribution in [1.29, 1.82) is 0 Å². The highest BCUT2D eigenvalue weighted by molar-refractivity contribution is 5.42. The van der Waals surface area contributed by atoms with Crippen LogP contribution in [0.25, 0.3) is 0 Å². The number of aromatic hydroxyl groups is 1. The molecule has 0 radical (unpaired) electrons. The molecule has 1 aliphatic heterocycles. The Morgan fingerprint density at radius 1 is 1.50 bits per heavy atom. The van der Waals surface area contributed by atoms with Gasteiger partial charge in [-0.2, -0.15) is 0 Å². The summed E-state index contributed by atoms with van der Waals surface area (Å²) in [6.07, 6.45) is 0.253. The van der Waals surface area contributed by atoms with Crippen LogP contribution in [0.4, 0.5) is 0 Å². The van der Waals surface area contributed by atoms with Gasteiger partial charge < -0.3 is 19.9 Å². The summed E-state index contributed by atoms with van der Waals surface area (Å²) in [7, 11) is 1.54. The maximum atomic E-state index is 9.68. The van der Waals surface area contributed by atoms with Gasteiger partial charge >= 0.3 is 0 Å². The lowest BCUT2D eigenvalue weighted by Gasteiger charge is -2.28. The molecule has 4 nitrogen and oxygen atoms in total. The molecule has 4 heteroatoms. The number of ether oxygens (including phenoxy) is 2. The Morgan fingerprint density at radius 2 is 2.31 bits per heavy atom. The average molecular weight is 223 g/mol. The number of benzene rings is 1. The van der Waals surface area contributed by atoms with Crippen LogP contribution in [0.2, 0.25) is 0 Å². The first-order valence-corrected chi connectivity index (χ1v) is 5.42. The van der Waals surface area contributed by atoms with Gasteiger partial charge in [-0.25, -0.2) is 0 Å². The molecule has 88 valence electrons. The SMILES string of the molecule is COc1ccc(C2COC(C)CN2)cc1O. The van der Waals surface area contributed by atoms with E-state index in [2.05, 4.69) is 5.32 Å². The lowest BCUT2D eigenvalue weighted by Crippen LogP contribution is -2.39. The van der Waals surface area contributed by atoms with Crippen molar-refractivity contribution in [2.24, 2.45) is 0 Å². The highest BCUT2D eigenvalue weighted by Crippen LogP contribution is 2.29. The largest absolute Gasteiger partial charge is 0.504 e. The molecule has 2 rings (SSSR count). The molecule has 1 heterocycles. The lowest BCUT2D eigenvalue weighted by atomic mass is 10.1. The summed E-state index contributed by atoms with van der Waals surface area (Å²) in [5.74, 6) is 0.661. The molecule has 0 saturated carbocycles. The summed E-state index contributed by atoms with van der Waals surface area (Å²) < 4.78 is 10.6. The van der Waals surface area contributed by atoms with Crippen LogP contribution in [-0.4, -0.2) is 31.5 Å². The first kappa shape index (κ1) is 11.2. The van der Waals surface area contributed by atoms with E-state index in [0.717, 1.165) is 12.1 Å². The van der Waals surface area contributed by atoms with Crippen molar-refractivity contribution in [2.75, 3.05) is 20.3 Å². The minimum Gasteiger partial charge on any atom is -0.504 e. The number of morpholine rings is 1. The molecular weight excluding hydrogens is 206 g/mol. The molecule has 1 aromatic rings. The predicted octanol–water partition coefficient (Wildman–Crippen LogP) is 1.45. The van der Waals surface area contributed by atoms with E-state index in [4.69, 9.17) is 9.47 Å². The molecule has 0 aromatic heterocycles. The van der Waals surface area contributed by atoms with Crippen molar-refractivity contribution in [2.45, 2.75) is 19.1 Å². The molecule has 2 unspecified atom stereocenters. The van der Waals surface area contributed by atoms with Crippen molar-refractivity contribution < 1.29 is 14.6 Å². The van der Waals surface area contributed by atoms with Crippen molar-refractivity contribution in [1.82, 2.24) is 5.32 Å². The maximum Gasteiger partial charge on any atom is 0.160 e. The second kappa shape index (κ2) is 4.72. The van der Waals surface area contributed by atoms with Gasteiger partial charge in [0, 0.05) is 6.54 Å². The summed E-state index contributed by atoms with van der Waals surface area (Å²) in [6.45, 7) is 3.50. The summed E-state index contributed by atoms with van der Waals surface area (Å²) in [6, 6.07) is 5.57. The minimum atomic E-state index is 0.146. The number of hydrogen-bond donors (Lipinski definition) is 2. The van der Waals surface area contributed by atoms with Crippen LogP contribution < -0.4 is 10.1 Å². The number of phenolic OH excluding ortho intramolecular Hbond substituents is 1. The van der Waals surface area contributed by atoms with E-state index >= 15 is 0 Å². The first-order chi connectivity index (χ1) is 7.70. The molecule has 1 saturated heterocycles. The summed E-state index contributed by atoms with van der Waals surface area (Å²) in [5.41, 5.74) is 1.02. The number of rotatable bonds is 2. The molecule has 0 aliphatic carbocycles. The van der Waals surface area contributed by atoms with Gasteiger partial charge in [0.1, 0.15) is 0 Å². The fourth-order valence-electron chi connectivity index (χ4n) is 1.82. The normalized spacial score (nSPS) is 25.4. The van der Waals surface area contributed by atoms with Gasteiger partial charge in [0.2, 0.25) is 0 Å². The number of nitrogens with one attached hydrogen (secondary N) is 1. The highest BCUT2D eigenvalue weighted by atomic mass is 16.5. The Balaban J connectivity index is 2.12. The fourth-order valence-corrected chi connectivity index (χ4v) is 1.82. The topological polar surface area (TPSA) is 50.7 Å². The second-order valence-electron chi connectivity index (χ2n) is 4.04. The summed E-state index contributed by atoms with van der Waals surface area (Å²) in [5, 5.41) is 13.1. The van der Waals surface area contributed by atoms with Crippen molar-refractivity contribution >= 4 is 0 Å². The van der Waals surface area contributed by atoms with Crippen LogP contribution in [0.5, 0.6) is 11.5 Å². The Labute approximate surface area is 95.2 Å². The van der Waals surface area contributed by atoms with Crippen LogP contribution in [0.15, 0.2) is 18.2 Å². The molecule has 1 fully saturated rings. The zero-order valence-corrected chi connectivity index (χ0v) is 9.56. The number of phenols is 1. The van der Waals surface area contributed by atoms with Gasteiger partial charge in [0.15, 0.2) is 11.5 Å². The Hall–Kier alpha value is -1.26.